The Labute approximate surface area is 128 Å². The molecule has 0 amide bonds. The van der Waals surface area contributed by atoms with E-state index in [1.54, 1.807) is 0 Å². The molecule has 0 aliphatic carbocycles. The second-order valence-corrected chi connectivity index (χ2v) is 5.66. The van der Waals surface area contributed by atoms with Crippen molar-refractivity contribution in [3.8, 4) is 11.5 Å². The van der Waals surface area contributed by atoms with Crippen LogP contribution in [0.4, 0.5) is 0 Å². The monoisotopic (exact) mass is 298 g/mol. The fourth-order valence-electron chi connectivity index (χ4n) is 1.89. The third kappa shape index (κ3) is 4.90. The smallest absolute Gasteiger partial charge is 0.161 e. The van der Waals surface area contributed by atoms with Gasteiger partial charge in [-0.15, -0.1) is 11.6 Å². The first kappa shape index (κ1) is 17.2. The Morgan fingerprint density at radius 2 is 1.60 bits per heavy atom. The maximum absolute atomic E-state index is 6.52. The van der Waals surface area contributed by atoms with Gasteiger partial charge in [0.1, 0.15) is 0 Å². The van der Waals surface area contributed by atoms with Crippen molar-refractivity contribution < 1.29 is 9.47 Å². The van der Waals surface area contributed by atoms with Crippen LogP contribution < -0.4 is 9.47 Å². The molecule has 0 saturated heterocycles. The quantitative estimate of drug-likeness (QED) is 0.553. The van der Waals surface area contributed by atoms with E-state index in [1.165, 1.54) is 0 Å². The number of ether oxygens (including phenoxy) is 2. The number of hydrogen-bond acceptors (Lipinski definition) is 2. The lowest BCUT2D eigenvalue weighted by molar-refractivity contribution is 0.268. The Balaban J connectivity index is 2.93. The zero-order valence-corrected chi connectivity index (χ0v) is 13.9. The molecule has 20 heavy (non-hydrogen) atoms. The molecule has 114 valence electrons. The van der Waals surface area contributed by atoms with Crippen LogP contribution in [0.25, 0.3) is 0 Å². The van der Waals surface area contributed by atoms with Crippen LogP contribution in [0.15, 0.2) is 18.2 Å². The van der Waals surface area contributed by atoms with Crippen LogP contribution in [0.5, 0.6) is 11.5 Å². The maximum Gasteiger partial charge on any atom is 0.161 e. The summed E-state index contributed by atoms with van der Waals surface area (Å²) in [6.45, 7) is 9.93. The van der Waals surface area contributed by atoms with Crippen LogP contribution in [0.2, 0.25) is 0 Å². The Morgan fingerprint density at radius 1 is 1.00 bits per heavy atom. The Kier molecular flexibility index (Phi) is 7.83. The number of alkyl halides is 1. The van der Waals surface area contributed by atoms with Gasteiger partial charge in [-0.25, -0.2) is 0 Å². The normalized spacial score (nSPS) is 13.8. The predicted octanol–water partition coefficient (Wildman–Crippen LogP) is 5.59. The highest BCUT2D eigenvalue weighted by atomic mass is 35.5. The number of benzene rings is 1. The SMILES string of the molecule is CCCOc1ccc(C(Cl)C(C)CC)cc1OCCC. The summed E-state index contributed by atoms with van der Waals surface area (Å²) in [5, 5.41) is 0.0178. The summed E-state index contributed by atoms with van der Waals surface area (Å²) in [7, 11) is 0. The Hall–Kier alpha value is -0.890. The summed E-state index contributed by atoms with van der Waals surface area (Å²) in [5.41, 5.74) is 1.11. The average molecular weight is 299 g/mol. The van der Waals surface area contributed by atoms with E-state index in [9.17, 15) is 0 Å². The standard InChI is InChI=1S/C17H27ClO2/c1-5-10-19-15-9-8-14(17(18)13(4)7-3)12-16(15)20-11-6-2/h8-9,12-13,17H,5-7,10-11H2,1-4H3. The van der Waals surface area contributed by atoms with Crippen molar-refractivity contribution in [1.82, 2.24) is 0 Å². The van der Waals surface area contributed by atoms with Crippen LogP contribution in [0.1, 0.15) is 57.9 Å². The van der Waals surface area contributed by atoms with Crippen LogP contribution in [-0.2, 0) is 0 Å². The molecule has 0 radical (unpaired) electrons. The van der Waals surface area contributed by atoms with Crippen molar-refractivity contribution in [3.05, 3.63) is 23.8 Å². The van der Waals surface area contributed by atoms with Crippen LogP contribution in [0, 0.1) is 5.92 Å². The van der Waals surface area contributed by atoms with Crippen molar-refractivity contribution in [3.63, 3.8) is 0 Å². The van der Waals surface area contributed by atoms with Gasteiger partial charge < -0.3 is 9.47 Å². The lowest BCUT2D eigenvalue weighted by Gasteiger charge is -2.19. The molecule has 2 nitrogen and oxygen atoms in total. The van der Waals surface area contributed by atoms with Gasteiger partial charge in [0.25, 0.3) is 0 Å². The first-order valence-electron chi connectivity index (χ1n) is 7.67. The zero-order chi connectivity index (χ0) is 15.0. The fourth-order valence-corrected chi connectivity index (χ4v) is 2.20. The van der Waals surface area contributed by atoms with E-state index in [0.717, 1.165) is 36.3 Å². The molecule has 0 N–H and O–H groups in total. The van der Waals surface area contributed by atoms with Crippen molar-refractivity contribution >= 4 is 11.6 Å². The van der Waals surface area contributed by atoms with E-state index in [4.69, 9.17) is 21.1 Å². The van der Waals surface area contributed by atoms with Gasteiger partial charge in [-0.1, -0.05) is 40.2 Å². The van der Waals surface area contributed by atoms with Crippen molar-refractivity contribution in [2.24, 2.45) is 5.92 Å². The predicted molar refractivity (Wildman–Crippen MR) is 86.1 cm³/mol. The third-order valence-corrected chi connectivity index (χ3v) is 4.04. The first-order chi connectivity index (χ1) is 9.63. The summed E-state index contributed by atoms with van der Waals surface area (Å²) in [5.74, 6) is 2.07. The number of hydrogen-bond donors (Lipinski definition) is 0. The van der Waals surface area contributed by atoms with E-state index in [2.05, 4.69) is 27.7 Å². The molecule has 0 spiro atoms. The molecule has 0 heterocycles. The summed E-state index contributed by atoms with van der Waals surface area (Å²) in [6, 6.07) is 6.06. The highest BCUT2D eigenvalue weighted by Gasteiger charge is 2.17. The molecule has 0 bridgehead atoms. The molecule has 2 unspecified atom stereocenters. The second kappa shape index (κ2) is 9.12. The summed E-state index contributed by atoms with van der Waals surface area (Å²) < 4.78 is 11.5. The van der Waals surface area contributed by atoms with Gasteiger partial charge in [0.15, 0.2) is 11.5 Å². The molecule has 0 saturated carbocycles. The van der Waals surface area contributed by atoms with Crippen molar-refractivity contribution in [2.45, 2.75) is 52.3 Å². The van der Waals surface area contributed by atoms with Crippen molar-refractivity contribution in [2.75, 3.05) is 13.2 Å². The minimum Gasteiger partial charge on any atom is -0.490 e. The Morgan fingerprint density at radius 3 is 2.15 bits per heavy atom. The van der Waals surface area contributed by atoms with E-state index >= 15 is 0 Å². The second-order valence-electron chi connectivity index (χ2n) is 5.19. The van der Waals surface area contributed by atoms with E-state index in [0.29, 0.717) is 19.1 Å². The molecule has 1 aromatic rings. The maximum atomic E-state index is 6.52. The third-order valence-electron chi connectivity index (χ3n) is 3.35. The Bertz CT molecular complexity index is 393. The minimum atomic E-state index is 0.0178. The number of rotatable bonds is 9. The van der Waals surface area contributed by atoms with Gasteiger partial charge in [-0.2, -0.15) is 0 Å². The van der Waals surface area contributed by atoms with Gasteiger partial charge in [0.05, 0.1) is 18.6 Å². The van der Waals surface area contributed by atoms with Crippen LogP contribution in [-0.4, -0.2) is 13.2 Å². The molecule has 2 atom stereocenters. The van der Waals surface area contributed by atoms with Gasteiger partial charge in [-0.3, -0.25) is 0 Å². The van der Waals surface area contributed by atoms with E-state index in [1.807, 2.05) is 18.2 Å². The van der Waals surface area contributed by atoms with Crippen LogP contribution in [0.3, 0.4) is 0 Å². The van der Waals surface area contributed by atoms with Gasteiger partial charge in [0.2, 0.25) is 0 Å². The zero-order valence-electron chi connectivity index (χ0n) is 13.1. The molecule has 0 aliphatic rings. The molecule has 3 heteroatoms. The topological polar surface area (TPSA) is 18.5 Å². The summed E-state index contributed by atoms with van der Waals surface area (Å²) >= 11 is 6.52. The summed E-state index contributed by atoms with van der Waals surface area (Å²) in [6.07, 6.45) is 3.03. The van der Waals surface area contributed by atoms with Crippen LogP contribution >= 0.6 is 11.6 Å². The van der Waals surface area contributed by atoms with E-state index < -0.39 is 0 Å². The molecular formula is C17H27ClO2. The highest BCUT2D eigenvalue weighted by molar-refractivity contribution is 6.21. The molecular weight excluding hydrogens is 272 g/mol. The van der Waals surface area contributed by atoms with Crippen molar-refractivity contribution in [1.29, 1.82) is 0 Å². The van der Waals surface area contributed by atoms with E-state index in [-0.39, 0.29) is 5.38 Å². The summed E-state index contributed by atoms with van der Waals surface area (Å²) in [4.78, 5) is 0. The average Bonchev–Trinajstić information content (AvgIpc) is 2.49. The molecule has 0 fully saturated rings. The highest BCUT2D eigenvalue weighted by Crippen LogP contribution is 2.36. The van der Waals surface area contributed by atoms with Gasteiger partial charge >= 0.3 is 0 Å². The first-order valence-corrected chi connectivity index (χ1v) is 8.11. The van der Waals surface area contributed by atoms with Gasteiger partial charge in [-0.05, 0) is 36.5 Å². The lowest BCUT2D eigenvalue weighted by Crippen LogP contribution is -2.05. The fraction of sp³-hybridized carbons (Fsp3) is 0.647. The number of halogens is 1. The minimum absolute atomic E-state index is 0.0178. The van der Waals surface area contributed by atoms with Gasteiger partial charge in [0, 0.05) is 0 Å². The lowest BCUT2D eigenvalue weighted by atomic mass is 9.98. The molecule has 1 rings (SSSR count). The molecule has 0 aliphatic heterocycles. The molecule has 0 aromatic heterocycles. The largest absolute Gasteiger partial charge is 0.490 e. The molecule has 1 aromatic carbocycles.